The molecule has 3 atom stereocenters. The Bertz CT molecular complexity index is 1520. The highest BCUT2D eigenvalue weighted by molar-refractivity contribution is 7.86. The highest BCUT2D eigenvalue weighted by Gasteiger charge is 2.61. The number of ether oxygens (including phenoxy) is 1. The number of halogens is 4. The Kier molecular flexibility index (Phi) is 7.70. The van der Waals surface area contributed by atoms with Crippen LogP contribution in [-0.4, -0.2) is 69.7 Å². The van der Waals surface area contributed by atoms with Gasteiger partial charge in [0.25, 0.3) is 16.1 Å². The van der Waals surface area contributed by atoms with Crippen LogP contribution in [0.15, 0.2) is 54.6 Å². The zero-order valence-corrected chi connectivity index (χ0v) is 22.8. The molecule has 3 aromatic rings. The number of carbonyl (C=O) groups excluding carboxylic acids is 1. The average Bonchev–Trinajstić information content (AvgIpc) is 3.45. The number of β-amino-alcohol motifs (C(OH)–C–C–N with tert-alkyl or cyclic N) is 1. The first kappa shape index (κ1) is 28.6. The molecule has 40 heavy (non-hydrogen) atoms. The van der Waals surface area contributed by atoms with Gasteiger partial charge in [-0.25, -0.2) is 0 Å². The maximum Gasteiger partial charge on any atom is 0.395 e. The quantitative estimate of drug-likeness (QED) is 0.442. The van der Waals surface area contributed by atoms with Gasteiger partial charge in [0, 0.05) is 25.2 Å². The van der Waals surface area contributed by atoms with E-state index in [2.05, 4.69) is 5.10 Å². The summed E-state index contributed by atoms with van der Waals surface area (Å²) in [6.45, 7) is 0.367. The minimum absolute atomic E-state index is 0.0206. The van der Waals surface area contributed by atoms with Gasteiger partial charge in [-0.1, -0.05) is 54.1 Å². The van der Waals surface area contributed by atoms with E-state index in [9.17, 15) is 31.5 Å². The average molecular weight is 599 g/mol. The fourth-order valence-corrected chi connectivity index (χ4v) is 7.04. The predicted octanol–water partition coefficient (Wildman–Crippen LogP) is 3.96. The molecule has 3 heterocycles. The van der Waals surface area contributed by atoms with Gasteiger partial charge in [-0.15, -0.1) is 0 Å². The van der Waals surface area contributed by atoms with Crippen molar-refractivity contribution >= 4 is 27.7 Å². The van der Waals surface area contributed by atoms with Crippen LogP contribution in [0, 0.1) is 12.8 Å². The topological polar surface area (TPSA) is 105 Å². The molecule has 0 radical (unpaired) electrons. The van der Waals surface area contributed by atoms with Crippen LogP contribution in [0.2, 0.25) is 5.02 Å². The summed E-state index contributed by atoms with van der Waals surface area (Å²) in [5.41, 5.74) is 0.617. The molecule has 0 bridgehead atoms. The van der Waals surface area contributed by atoms with Gasteiger partial charge < -0.3 is 9.84 Å². The lowest BCUT2D eigenvalue weighted by Crippen LogP contribution is -2.60. The van der Waals surface area contributed by atoms with Gasteiger partial charge >= 0.3 is 6.18 Å². The van der Waals surface area contributed by atoms with Crippen molar-refractivity contribution in [2.45, 2.75) is 38.3 Å². The number of aliphatic hydroxyl groups excluding tert-OH is 1. The van der Waals surface area contributed by atoms with Crippen LogP contribution >= 0.6 is 11.6 Å². The summed E-state index contributed by atoms with van der Waals surface area (Å²) in [5.74, 6) is -2.93. The van der Waals surface area contributed by atoms with Crippen molar-refractivity contribution in [1.29, 1.82) is 0 Å². The zero-order chi connectivity index (χ0) is 28.8. The lowest BCUT2D eigenvalue weighted by molar-refractivity contribution is -0.219. The van der Waals surface area contributed by atoms with E-state index in [1.165, 1.54) is 19.1 Å². The third-order valence-corrected chi connectivity index (χ3v) is 9.42. The van der Waals surface area contributed by atoms with Crippen molar-refractivity contribution in [2.75, 3.05) is 19.6 Å². The fourth-order valence-electron chi connectivity index (χ4n) is 4.94. The highest BCUT2D eigenvalue weighted by atomic mass is 35.5. The molecule has 5 rings (SSSR count). The van der Waals surface area contributed by atoms with Crippen LogP contribution in [0.5, 0.6) is 5.88 Å². The van der Waals surface area contributed by atoms with E-state index in [-0.39, 0.29) is 53.8 Å². The molecule has 1 N–H and O–H groups in total. The minimum Gasteiger partial charge on any atom is -0.472 e. The second-order valence-electron chi connectivity index (χ2n) is 9.76. The lowest BCUT2D eigenvalue weighted by Gasteiger charge is -2.47. The summed E-state index contributed by atoms with van der Waals surface area (Å²) < 4.78 is 77.5. The van der Waals surface area contributed by atoms with Crippen molar-refractivity contribution in [3.05, 3.63) is 82.0 Å². The monoisotopic (exact) mass is 598 g/mol. The molecule has 2 aromatic carbocycles. The molecule has 0 spiro atoms. The third-order valence-electron chi connectivity index (χ3n) is 7.14. The van der Waals surface area contributed by atoms with Gasteiger partial charge in [-0.05, 0) is 31.0 Å². The number of alkyl halides is 3. The van der Waals surface area contributed by atoms with Crippen LogP contribution in [0.1, 0.15) is 39.6 Å². The molecule has 2 saturated heterocycles. The molecule has 2 fully saturated rings. The van der Waals surface area contributed by atoms with Gasteiger partial charge in [0.2, 0.25) is 5.88 Å². The van der Waals surface area contributed by atoms with Crippen LogP contribution < -0.4 is 4.74 Å². The smallest absolute Gasteiger partial charge is 0.395 e. The summed E-state index contributed by atoms with van der Waals surface area (Å²) in [6.07, 6.45) is -5.47. The van der Waals surface area contributed by atoms with Crippen LogP contribution in [-0.2, 0) is 16.8 Å². The number of carbonyl (C=O) groups is 1. The van der Waals surface area contributed by atoms with Crippen molar-refractivity contribution in [2.24, 2.45) is 5.92 Å². The van der Waals surface area contributed by atoms with Crippen molar-refractivity contribution in [1.82, 2.24) is 18.4 Å². The van der Waals surface area contributed by atoms with Gasteiger partial charge in [0.05, 0.1) is 34.3 Å². The van der Waals surface area contributed by atoms with E-state index in [0.29, 0.717) is 0 Å². The summed E-state index contributed by atoms with van der Waals surface area (Å²) in [6, 6.07) is 13.3. The highest BCUT2D eigenvalue weighted by Crippen LogP contribution is 2.51. The Hall–Kier alpha value is -2.97. The number of hydrogen-bond donors (Lipinski definition) is 1. The van der Waals surface area contributed by atoms with Gasteiger partial charge in [0.1, 0.15) is 6.61 Å². The SMILES string of the molecule is Cc1c(C2C(C(F)(F)F)CN2S(=O)(=O)N2CCC(O)C2)nn(C(=O)c2ccccc2Cl)c1OCc1ccccc1. The minimum atomic E-state index is -4.74. The number of rotatable bonds is 7. The first-order valence-corrected chi connectivity index (χ1v) is 14.2. The van der Waals surface area contributed by atoms with E-state index < -0.39 is 46.9 Å². The number of benzene rings is 2. The number of nitrogens with zero attached hydrogens (tertiary/aromatic N) is 4. The van der Waals surface area contributed by atoms with E-state index in [1.807, 2.05) is 0 Å². The van der Waals surface area contributed by atoms with Gasteiger partial charge in [-0.2, -0.15) is 40.0 Å². The molecular weight excluding hydrogens is 573 g/mol. The van der Waals surface area contributed by atoms with E-state index in [4.69, 9.17) is 16.3 Å². The van der Waals surface area contributed by atoms with E-state index in [0.717, 1.165) is 18.9 Å². The molecule has 1 aromatic heterocycles. The lowest BCUT2D eigenvalue weighted by atomic mass is 9.87. The Morgan fingerprint density at radius 1 is 1.12 bits per heavy atom. The summed E-state index contributed by atoms with van der Waals surface area (Å²) in [7, 11) is -4.37. The fraction of sp³-hybridized carbons (Fsp3) is 0.385. The third kappa shape index (κ3) is 5.23. The Morgan fingerprint density at radius 3 is 2.42 bits per heavy atom. The second-order valence-corrected chi connectivity index (χ2v) is 12.0. The molecule has 2 aliphatic heterocycles. The second kappa shape index (κ2) is 10.8. The van der Waals surface area contributed by atoms with Gasteiger partial charge in [-0.3, -0.25) is 4.79 Å². The van der Waals surface area contributed by atoms with Crippen LogP contribution in [0.4, 0.5) is 13.2 Å². The summed E-state index contributed by atoms with van der Waals surface area (Å²) in [5, 5.41) is 14.2. The molecule has 9 nitrogen and oxygen atoms in total. The van der Waals surface area contributed by atoms with Gasteiger partial charge in [0.15, 0.2) is 0 Å². The normalized spacial score (nSPS) is 22.3. The molecular formula is C26H26ClF3N4O5S. The number of aliphatic hydroxyl groups is 1. The largest absolute Gasteiger partial charge is 0.472 e. The Morgan fingerprint density at radius 2 is 1.80 bits per heavy atom. The molecule has 0 saturated carbocycles. The van der Waals surface area contributed by atoms with Crippen molar-refractivity contribution in [3.8, 4) is 5.88 Å². The molecule has 0 amide bonds. The maximum absolute atomic E-state index is 14.1. The first-order valence-electron chi connectivity index (χ1n) is 12.5. The Labute approximate surface area is 233 Å². The summed E-state index contributed by atoms with van der Waals surface area (Å²) >= 11 is 6.23. The Balaban J connectivity index is 1.59. The standard InChI is InChI=1S/C26H26ClF3N4O5S/c1-16-22(23-20(26(28,29)30)14-33(23)40(37,38)32-12-11-18(35)13-32)31-34(24(36)19-9-5-6-10-21(19)27)25(16)39-15-17-7-3-2-4-8-17/h2-10,18,20,23,35H,11-15H2,1H3. The summed E-state index contributed by atoms with van der Waals surface area (Å²) in [4.78, 5) is 13.5. The molecule has 3 unspecified atom stereocenters. The number of aromatic nitrogens is 2. The predicted molar refractivity (Wildman–Crippen MR) is 139 cm³/mol. The maximum atomic E-state index is 14.1. The van der Waals surface area contributed by atoms with Crippen molar-refractivity contribution < 1.29 is 36.2 Å². The van der Waals surface area contributed by atoms with Crippen molar-refractivity contribution in [3.63, 3.8) is 0 Å². The zero-order valence-electron chi connectivity index (χ0n) is 21.3. The number of hydrogen-bond acceptors (Lipinski definition) is 6. The van der Waals surface area contributed by atoms with E-state index >= 15 is 0 Å². The van der Waals surface area contributed by atoms with Crippen LogP contribution in [0.3, 0.4) is 0 Å². The molecule has 2 aliphatic rings. The van der Waals surface area contributed by atoms with Crippen LogP contribution in [0.25, 0.3) is 0 Å². The molecule has 14 heteroatoms. The molecule has 214 valence electrons. The molecule has 0 aliphatic carbocycles. The van der Waals surface area contributed by atoms with E-state index in [1.54, 1.807) is 42.5 Å². The first-order chi connectivity index (χ1) is 18.9.